The van der Waals surface area contributed by atoms with Crippen LogP contribution >= 0.6 is 0 Å². The molecular weight excluding hydrogens is 204 g/mol. The first kappa shape index (κ1) is 12.0. The van der Waals surface area contributed by atoms with Crippen LogP contribution in [0.15, 0.2) is 36.4 Å². The summed E-state index contributed by atoms with van der Waals surface area (Å²) >= 11 is 0. The van der Waals surface area contributed by atoms with Crippen molar-refractivity contribution in [2.45, 2.75) is 13.8 Å². The Bertz CT molecular complexity index is 504. The molecule has 3 nitrogen and oxygen atoms in total. The zero-order valence-corrected chi connectivity index (χ0v) is 9.27. The number of hydrogen-bond acceptors (Lipinski definition) is 2. The molecule has 0 bridgehead atoms. The third-order valence-electron chi connectivity index (χ3n) is 2.07. The number of rotatable bonds is 1. The highest BCUT2D eigenvalue weighted by atomic mass is 16.4. The molecule has 2 N–H and O–H groups in total. The first-order valence-electron chi connectivity index (χ1n) is 5.13. The molecule has 0 unspecified atom stereocenters. The fourth-order valence-electron chi connectivity index (χ4n) is 1.37. The van der Waals surface area contributed by atoms with Crippen LogP contribution in [0.4, 0.5) is 0 Å². The number of carboxylic acids is 1. The lowest BCUT2D eigenvalue weighted by Gasteiger charge is -2.00. The molecule has 2 aromatic carbocycles. The van der Waals surface area contributed by atoms with Gasteiger partial charge in [0.25, 0.3) is 0 Å². The number of fused-ring (bicyclic) bond motifs is 1. The molecule has 3 heteroatoms. The fraction of sp³-hybridized carbons (Fsp3) is 0.154. The van der Waals surface area contributed by atoms with E-state index < -0.39 is 5.97 Å². The van der Waals surface area contributed by atoms with Gasteiger partial charge < -0.3 is 10.2 Å². The molecule has 0 heterocycles. The molecule has 0 aromatic heterocycles. The van der Waals surface area contributed by atoms with E-state index in [9.17, 15) is 9.90 Å². The van der Waals surface area contributed by atoms with Gasteiger partial charge in [0, 0.05) is 0 Å². The van der Waals surface area contributed by atoms with Gasteiger partial charge in [0.05, 0.1) is 5.56 Å². The topological polar surface area (TPSA) is 57.5 Å². The maximum Gasteiger partial charge on any atom is 0.335 e. The number of phenols is 1. The van der Waals surface area contributed by atoms with Gasteiger partial charge in [-0.1, -0.05) is 26.0 Å². The van der Waals surface area contributed by atoms with Gasteiger partial charge in [0.15, 0.2) is 0 Å². The van der Waals surface area contributed by atoms with Crippen molar-refractivity contribution in [3.05, 3.63) is 42.0 Å². The zero-order valence-electron chi connectivity index (χ0n) is 9.27. The Kier molecular flexibility index (Phi) is 3.89. The van der Waals surface area contributed by atoms with Crippen molar-refractivity contribution in [3.8, 4) is 5.75 Å². The fourth-order valence-corrected chi connectivity index (χ4v) is 1.37. The molecule has 0 aliphatic rings. The van der Waals surface area contributed by atoms with Gasteiger partial charge in [-0.3, -0.25) is 0 Å². The van der Waals surface area contributed by atoms with Crippen molar-refractivity contribution in [1.29, 1.82) is 0 Å². The van der Waals surface area contributed by atoms with Crippen LogP contribution in [0.5, 0.6) is 5.75 Å². The number of benzene rings is 2. The van der Waals surface area contributed by atoms with E-state index in [0.29, 0.717) is 0 Å². The molecule has 0 aliphatic heterocycles. The van der Waals surface area contributed by atoms with Crippen molar-refractivity contribution in [2.75, 3.05) is 0 Å². The van der Waals surface area contributed by atoms with E-state index >= 15 is 0 Å². The maximum absolute atomic E-state index is 10.7. The van der Waals surface area contributed by atoms with Gasteiger partial charge in [0.2, 0.25) is 0 Å². The van der Waals surface area contributed by atoms with Crippen molar-refractivity contribution in [2.24, 2.45) is 0 Å². The van der Waals surface area contributed by atoms with Crippen LogP contribution in [0.25, 0.3) is 10.8 Å². The lowest BCUT2D eigenvalue weighted by atomic mass is 10.1. The van der Waals surface area contributed by atoms with Crippen LogP contribution in [-0.2, 0) is 0 Å². The second kappa shape index (κ2) is 5.16. The molecule has 2 rings (SSSR count). The summed E-state index contributed by atoms with van der Waals surface area (Å²) in [6.07, 6.45) is 0. The van der Waals surface area contributed by atoms with E-state index in [1.807, 2.05) is 13.8 Å². The highest BCUT2D eigenvalue weighted by molar-refractivity contribution is 5.94. The van der Waals surface area contributed by atoms with Crippen LogP contribution in [0.2, 0.25) is 0 Å². The second-order valence-electron chi connectivity index (χ2n) is 3.05. The molecule has 0 saturated carbocycles. The van der Waals surface area contributed by atoms with Crippen LogP contribution in [0.3, 0.4) is 0 Å². The minimum Gasteiger partial charge on any atom is -0.508 e. The summed E-state index contributed by atoms with van der Waals surface area (Å²) in [6, 6.07) is 9.60. The first-order valence-corrected chi connectivity index (χ1v) is 5.13. The lowest BCUT2D eigenvalue weighted by molar-refractivity contribution is 0.0697. The normalized spacial score (nSPS) is 9.38. The standard InChI is InChI=1S/C11H8O3.C2H6/c12-10-4-3-7-5-9(11(13)14)2-1-8(7)6-10;1-2/h1-6,12H,(H,13,14);1-2H3. The first-order chi connectivity index (χ1) is 7.66. The van der Waals surface area contributed by atoms with E-state index in [0.717, 1.165) is 10.8 Å². The number of aromatic hydroxyl groups is 1. The monoisotopic (exact) mass is 218 g/mol. The van der Waals surface area contributed by atoms with Gasteiger partial charge >= 0.3 is 5.97 Å². The molecule has 0 amide bonds. The molecule has 0 aliphatic carbocycles. The SMILES string of the molecule is CC.O=C(O)c1ccc2cc(O)ccc2c1. The van der Waals surface area contributed by atoms with Crippen molar-refractivity contribution < 1.29 is 15.0 Å². The number of carbonyl (C=O) groups is 1. The molecule has 0 saturated heterocycles. The minimum absolute atomic E-state index is 0.181. The molecule has 0 fully saturated rings. The largest absolute Gasteiger partial charge is 0.508 e. The predicted molar refractivity (Wildman–Crippen MR) is 63.9 cm³/mol. The average molecular weight is 218 g/mol. The third-order valence-corrected chi connectivity index (χ3v) is 2.07. The number of hydrogen-bond donors (Lipinski definition) is 2. The van der Waals surface area contributed by atoms with Gasteiger partial charge in [0.1, 0.15) is 5.75 Å². The highest BCUT2D eigenvalue weighted by Crippen LogP contribution is 2.20. The van der Waals surface area contributed by atoms with Crippen molar-refractivity contribution in [1.82, 2.24) is 0 Å². The highest BCUT2D eigenvalue weighted by Gasteiger charge is 2.03. The van der Waals surface area contributed by atoms with E-state index in [2.05, 4.69) is 0 Å². The van der Waals surface area contributed by atoms with E-state index in [1.54, 1.807) is 24.3 Å². The Hall–Kier alpha value is -2.03. The zero-order chi connectivity index (χ0) is 12.1. The van der Waals surface area contributed by atoms with Gasteiger partial charge in [-0.15, -0.1) is 0 Å². The summed E-state index contributed by atoms with van der Waals surface area (Å²) < 4.78 is 0. The summed E-state index contributed by atoms with van der Waals surface area (Å²) in [5, 5.41) is 19.6. The Morgan fingerprint density at radius 2 is 1.56 bits per heavy atom. The number of carboxylic acid groups (broad SMARTS) is 1. The summed E-state index contributed by atoms with van der Waals surface area (Å²) in [5.41, 5.74) is 0.253. The second-order valence-corrected chi connectivity index (χ2v) is 3.05. The summed E-state index contributed by atoms with van der Waals surface area (Å²) in [5.74, 6) is -0.763. The smallest absolute Gasteiger partial charge is 0.335 e. The molecule has 0 spiro atoms. The molecule has 2 aromatic rings. The van der Waals surface area contributed by atoms with Gasteiger partial charge in [-0.05, 0) is 35.0 Å². The maximum atomic E-state index is 10.7. The number of phenolic OH excluding ortho intramolecular Hbond substituents is 1. The predicted octanol–water partition coefficient (Wildman–Crippen LogP) is 3.27. The van der Waals surface area contributed by atoms with Crippen LogP contribution in [0, 0.1) is 0 Å². The molecular formula is C13H14O3. The Labute approximate surface area is 94.0 Å². The Balaban J connectivity index is 0.000000606. The number of aromatic carboxylic acids is 1. The van der Waals surface area contributed by atoms with Crippen molar-refractivity contribution in [3.63, 3.8) is 0 Å². The third kappa shape index (κ3) is 2.51. The summed E-state index contributed by atoms with van der Waals surface area (Å²) in [6.45, 7) is 4.00. The van der Waals surface area contributed by atoms with E-state index in [1.165, 1.54) is 12.1 Å². The average Bonchev–Trinajstić information content (AvgIpc) is 2.30. The van der Waals surface area contributed by atoms with Crippen LogP contribution < -0.4 is 0 Å². The molecule has 0 atom stereocenters. The van der Waals surface area contributed by atoms with Crippen LogP contribution in [0.1, 0.15) is 24.2 Å². The minimum atomic E-state index is -0.944. The van der Waals surface area contributed by atoms with E-state index in [4.69, 9.17) is 5.11 Å². The Morgan fingerprint density at radius 1 is 1.00 bits per heavy atom. The molecule has 84 valence electrons. The lowest BCUT2D eigenvalue weighted by Crippen LogP contribution is -1.94. The quantitative estimate of drug-likeness (QED) is 0.772. The van der Waals surface area contributed by atoms with E-state index in [-0.39, 0.29) is 11.3 Å². The summed E-state index contributed by atoms with van der Waals surface area (Å²) in [4.78, 5) is 10.7. The summed E-state index contributed by atoms with van der Waals surface area (Å²) in [7, 11) is 0. The van der Waals surface area contributed by atoms with Crippen LogP contribution in [-0.4, -0.2) is 16.2 Å². The Morgan fingerprint density at radius 3 is 2.19 bits per heavy atom. The van der Waals surface area contributed by atoms with Crippen molar-refractivity contribution >= 4 is 16.7 Å². The van der Waals surface area contributed by atoms with Gasteiger partial charge in [-0.2, -0.15) is 0 Å². The van der Waals surface area contributed by atoms with Gasteiger partial charge in [-0.25, -0.2) is 4.79 Å². The molecule has 0 radical (unpaired) electrons. The molecule has 16 heavy (non-hydrogen) atoms.